The zero-order valence-electron chi connectivity index (χ0n) is 10.5. The number of aryl methyl sites for hydroxylation is 1. The van der Waals surface area contributed by atoms with Gasteiger partial charge in [-0.3, -0.25) is 14.9 Å². The second-order valence-corrected chi connectivity index (χ2v) is 4.84. The molecule has 1 N–H and O–H groups in total. The molecule has 0 atom stereocenters. The van der Waals surface area contributed by atoms with Crippen molar-refractivity contribution in [2.24, 2.45) is 0 Å². The molecule has 0 bridgehead atoms. The third-order valence-electron chi connectivity index (χ3n) is 2.61. The van der Waals surface area contributed by atoms with E-state index in [9.17, 15) is 14.9 Å². The van der Waals surface area contributed by atoms with E-state index in [2.05, 4.69) is 26.2 Å². The van der Waals surface area contributed by atoms with Crippen LogP contribution in [-0.2, 0) is 0 Å². The minimum atomic E-state index is -0.510. The fourth-order valence-electron chi connectivity index (χ4n) is 1.56. The van der Waals surface area contributed by atoms with E-state index < -0.39 is 4.92 Å². The monoisotopic (exact) mass is 335 g/mol. The van der Waals surface area contributed by atoms with Crippen molar-refractivity contribution in [3.63, 3.8) is 0 Å². The van der Waals surface area contributed by atoms with E-state index in [1.165, 1.54) is 30.5 Å². The normalized spacial score (nSPS) is 10.1. The average molecular weight is 336 g/mol. The quantitative estimate of drug-likeness (QED) is 0.529. The number of hydrogen-bond donors (Lipinski definition) is 1. The Kier molecular flexibility index (Phi) is 4.09. The maximum atomic E-state index is 12.0. The van der Waals surface area contributed by atoms with Crippen molar-refractivity contribution < 1.29 is 9.72 Å². The molecule has 0 saturated carbocycles. The number of nitrogens with zero attached hydrogens (tertiary/aromatic N) is 2. The Balaban J connectivity index is 2.15. The van der Waals surface area contributed by atoms with Gasteiger partial charge in [-0.2, -0.15) is 0 Å². The van der Waals surface area contributed by atoms with Gasteiger partial charge >= 0.3 is 0 Å². The van der Waals surface area contributed by atoms with Crippen molar-refractivity contribution >= 4 is 33.2 Å². The Morgan fingerprint density at radius 2 is 2.00 bits per heavy atom. The zero-order valence-corrected chi connectivity index (χ0v) is 12.0. The summed E-state index contributed by atoms with van der Waals surface area (Å²) in [4.78, 5) is 26.1. The van der Waals surface area contributed by atoms with E-state index in [1.807, 2.05) is 6.92 Å². The predicted molar refractivity (Wildman–Crippen MR) is 77.7 cm³/mol. The molecule has 20 heavy (non-hydrogen) atoms. The minimum absolute atomic E-state index is 0.0531. The minimum Gasteiger partial charge on any atom is -0.321 e. The Morgan fingerprint density at radius 3 is 2.55 bits per heavy atom. The number of non-ortho nitro benzene ring substituents is 1. The number of amides is 1. The summed E-state index contributed by atoms with van der Waals surface area (Å²) in [7, 11) is 0. The molecule has 1 amide bonds. The highest BCUT2D eigenvalue weighted by Gasteiger charge is 2.10. The van der Waals surface area contributed by atoms with Crippen LogP contribution in [0.4, 0.5) is 11.4 Å². The second-order valence-electron chi connectivity index (χ2n) is 4.09. The van der Waals surface area contributed by atoms with E-state index in [0.29, 0.717) is 15.9 Å². The van der Waals surface area contributed by atoms with Gasteiger partial charge in [0.25, 0.3) is 11.6 Å². The molecular weight excluding hydrogens is 326 g/mol. The molecule has 0 unspecified atom stereocenters. The van der Waals surface area contributed by atoms with Crippen molar-refractivity contribution in [3.05, 3.63) is 62.4 Å². The molecule has 1 aromatic heterocycles. The van der Waals surface area contributed by atoms with Gasteiger partial charge in [0.1, 0.15) is 4.60 Å². The van der Waals surface area contributed by atoms with Gasteiger partial charge in [0, 0.05) is 17.7 Å². The maximum Gasteiger partial charge on any atom is 0.269 e. The van der Waals surface area contributed by atoms with Gasteiger partial charge in [-0.05, 0) is 46.6 Å². The lowest BCUT2D eigenvalue weighted by molar-refractivity contribution is -0.384. The lowest BCUT2D eigenvalue weighted by atomic mass is 10.2. The molecule has 2 aromatic rings. The Hall–Kier alpha value is -2.28. The smallest absolute Gasteiger partial charge is 0.269 e. The predicted octanol–water partition coefficient (Wildman–Crippen LogP) is 3.31. The van der Waals surface area contributed by atoms with Gasteiger partial charge in [0.15, 0.2) is 0 Å². The topological polar surface area (TPSA) is 85.1 Å². The molecule has 6 nitrogen and oxygen atoms in total. The van der Waals surface area contributed by atoms with Crippen LogP contribution in [0.15, 0.2) is 41.1 Å². The fourth-order valence-corrected chi connectivity index (χ4v) is 1.78. The highest BCUT2D eigenvalue weighted by Crippen LogP contribution is 2.18. The first-order chi connectivity index (χ1) is 9.47. The summed E-state index contributed by atoms with van der Waals surface area (Å²) in [5.41, 5.74) is 1.75. The van der Waals surface area contributed by atoms with Crippen LogP contribution in [0.1, 0.15) is 15.9 Å². The van der Waals surface area contributed by atoms with E-state index in [0.717, 1.165) is 5.56 Å². The Bertz CT molecular complexity index is 671. The molecule has 0 radical (unpaired) electrons. The summed E-state index contributed by atoms with van der Waals surface area (Å²) in [6.07, 6.45) is 1.53. The summed E-state index contributed by atoms with van der Waals surface area (Å²) < 4.78 is 0.714. The average Bonchev–Trinajstić information content (AvgIpc) is 2.43. The SMILES string of the molecule is Cc1cc(NC(=O)c2ccc([N+](=O)[O-])cc2)cnc1Br. The molecule has 0 saturated heterocycles. The van der Waals surface area contributed by atoms with Gasteiger partial charge in [-0.15, -0.1) is 0 Å². The van der Waals surface area contributed by atoms with Crippen LogP contribution in [0.25, 0.3) is 0 Å². The number of carbonyl (C=O) groups excluding carboxylic acids is 1. The molecule has 0 spiro atoms. The molecule has 1 aromatic carbocycles. The summed E-state index contributed by atoms with van der Waals surface area (Å²) in [6, 6.07) is 7.18. The van der Waals surface area contributed by atoms with Crippen molar-refractivity contribution in [2.75, 3.05) is 5.32 Å². The third kappa shape index (κ3) is 3.18. The first-order valence-electron chi connectivity index (χ1n) is 5.65. The summed E-state index contributed by atoms with van der Waals surface area (Å²) in [6.45, 7) is 1.86. The third-order valence-corrected chi connectivity index (χ3v) is 3.44. The van der Waals surface area contributed by atoms with Crippen LogP contribution in [0.2, 0.25) is 0 Å². The molecule has 0 fully saturated rings. The summed E-state index contributed by atoms with van der Waals surface area (Å²) >= 11 is 3.27. The number of aromatic nitrogens is 1. The van der Waals surface area contributed by atoms with Crippen LogP contribution < -0.4 is 5.32 Å². The van der Waals surface area contributed by atoms with Gasteiger partial charge in [0.05, 0.1) is 16.8 Å². The number of nitrogens with one attached hydrogen (secondary N) is 1. The number of rotatable bonds is 3. The van der Waals surface area contributed by atoms with Crippen molar-refractivity contribution in [2.45, 2.75) is 6.92 Å². The molecule has 102 valence electrons. The van der Waals surface area contributed by atoms with Crippen molar-refractivity contribution in [1.29, 1.82) is 0 Å². The van der Waals surface area contributed by atoms with Crippen LogP contribution in [0, 0.1) is 17.0 Å². The van der Waals surface area contributed by atoms with E-state index in [1.54, 1.807) is 6.07 Å². The molecular formula is C13H10BrN3O3. The number of pyridine rings is 1. The molecule has 0 aliphatic carbocycles. The highest BCUT2D eigenvalue weighted by atomic mass is 79.9. The summed E-state index contributed by atoms with van der Waals surface area (Å²) in [5, 5.41) is 13.2. The molecule has 0 aliphatic rings. The maximum absolute atomic E-state index is 12.0. The molecule has 7 heteroatoms. The number of halogens is 1. The Morgan fingerprint density at radius 1 is 1.35 bits per heavy atom. The molecule has 2 rings (SSSR count). The van der Waals surface area contributed by atoms with Crippen LogP contribution in [-0.4, -0.2) is 15.8 Å². The van der Waals surface area contributed by atoms with E-state index >= 15 is 0 Å². The number of nitro benzene ring substituents is 1. The van der Waals surface area contributed by atoms with Gasteiger partial charge in [-0.25, -0.2) is 4.98 Å². The van der Waals surface area contributed by atoms with E-state index in [4.69, 9.17) is 0 Å². The van der Waals surface area contributed by atoms with Crippen LogP contribution >= 0.6 is 15.9 Å². The number of benzene rings is 1. The number of hydrogen-bond acceptors (Lipinski definition) is 4. The van der Waals surface area contributed by atoms with Gasteiger partial charge < -0.3 is 5.32 Å². The van der Waals surface area contributed by atoms with Gasteiger partial charge in [0.2, 0.25) is 0 Å². The first-order valence-corrected chi connectivity index (χ1v) is 6.44. The Labute approximate surface area is 123 Å². The van der Waals surface area contributed by atoms with Crippen LogP contribution in [0.3, 0.4) is 0 Å². The van der Waals surface area contributed by atoms with Crippen molar-refractivity contribution in [3.8, 4) is 0 Å². The number of carbonyl (C=O) groups is 1. The van der Waals surface area contributed by atoms with Crippen molar-refractivity contribution in [1.82, 2.24) is 4.98 Å². The van der Waals surface area contributed by atoms with Gasteiger partial charge in [-0.1, -0.05) is 0 Å². The van der Waals surface area contributed by atoms with Crippen LogP contribution in [0.5, 0.6) is 0 Å². The largest absolute Gasteiger partial charge is 0.321 e. The number of nitro groups is 1. The summed E-state index contributed by atoms with van der Waals surface area (Å²) in [5.74, 6) is -0.344. The first kappa shape index (κ1) is 14.1. The fraction of sp³-hybridized carbons (Fsp3) is 0.0769. The standard InChI is InChI=1S/C13H10BrN3O3/c1-8-6-10(7-15-12(8)14)16-13(18)9-2-4-11(5-3-9)17(19)20/h2-7H,1H3,(H,16,18). The molecule has 0 aliphatic heterocycles. The van der Waals surface area contributed by atoms with E-state index in [-0.39, 0.29) is 11.6 Å². The molecule has 1 heterocycles. The number of anilines is 1. The highest BCUT2D eigenvalue weighted by molar-refractivity contribution is 9.10. The lowest BCUT2D eigenvalue weighted by Gasteiger charge is -2.06. The second kappa shape index (κ2) is 5.79. The lowest BCUT2D eigenvalue weighted by Crippen LogP contribution is -2.12. The zero-order chi connectivity index (χ0) is 14.7.